The van der Waals surface area contributed by atoms with Crippen molar-refractivity contribution in [3.05, 3.63) is 35.9 Å². The van der Waals surface area contributed by atoms with Gasteiger partial charge in [0.1, 0.15) is 18.7 Å². The van der Waals surface area contributed by atoms with Gasteiger partial charge in [0, 0.05) is 13.0 Å². The van der Waals surface area contributed by atoms with E-state index in [0.29, 0.717) is 19.4 Å². The van der Waals surface area contributed by atoms with Crippen molar-refractivity contribution >= 4 is 17.9 Å². The summed E-state index contributed by atoms with van der Waals surface area (Å²) in [5.41, 5.74) is 6.12. The predicted octanol–water partition coefficient (Wildman–Crippen LogP) is 1.06. The lowest BCUT2D eigenvalue weighted by atomic mass is 10.1. The van der Waals surface area contributed by atoms with Gasteiger partial charge in [-0.2, -0.15) is 5.26 Å². The van der Waals surface area contributed by atoms with E-state index in [1.54, 1.807) is 0 Å². The number of nitrogens with one attached hydrogen (secondary N) is 1. The van der Waals surface area contributed by atoms with E-state index in [-0.39, 0.29) is 19.4 Å². The first-order valence-corrected chi connectivity index (χ1v) is 8.47. The molecule has 1 heterocycles. The highest BCUT2D eigenvalue weighted by molar-refractivity contribution is 5.91. The van der Waals surface area contributed by atoms with Gasteiger partial charge in [-0.25, -0.2) is 4.79 Å². The van der Waals surface area contributed by atoms with Gasteiger partial charge in [0.25, 0.3) is 0 Å². The van der Waals surface area contributed by atoms with Gasteiger partial charge in [-0.3, -0.25) is 14.5 Å². The number of ether oxygens (including phenoxy) is 1. The van der Waals surface area contributed by atoms with Crippen molar-refractivity contribution < 1.29 is 19.1 Å². The summed E-state index contributed by atoms with van der Waals surface area (Å²) in [6.45, 7) is 0.530. The Kier molecular flexibility index (Phi) is 6.97. The molecule has 2 atom stereocenters. The maximum Gasteiger partial charge on any atom is 0.410 e. The summed E-state index contributed by atoms with van der Waals surface area (Å²) in [6.07, 6.45) is 0.817. The summed E-state index contributed by atoms with van der Waals surface area (Å²) in [5.74, 6) is -1.16. The first-order valence-electron chi connectivity index (χ1n) is 8.47. The molecule has 1 aromatic carbocycles. The van der Waals surface area contributed by atoms with Gasteiger partial charge in [0.05, 0.1) is 6.07 Å². The van der Waals surface area contributed by atoms with Crippen molar-refractivity contribution in [3.63, 3.8) is 0 Å². The molecule has 1 fully saturated rings. The molecule has 1 saturated heterocycles. The molecule has 2 rings (SSSR count). The van der Waals surface area contributed by atoms with Crippen molar-refractivity contribution in [1.82, 2.24) is 10.2 Å². The minimum atomic E-state index is -0.926. The van der Waals surface area contributed by atoms with Crippen LogP contribution in [0.1, 0.15) is 31.2 Å². The molecule has 1 aromatic rings. The number of likely N-dealkylation sites (tertiary alicyclic amines) is 1. The SMILES string of the molecule is N#CCC[C@H](NC(=O)[C@H]1CCCN1C(=O)OCc1ccccc1)C(N)=O. The Hall–Kier alpha value is -3.08. The lowest BCUT2D eigenvalue weighted by Crippen LogP contribution is -2.52. The number of amides is 3. The molecule has 0 saturated carbocycles. The van der Waals surface area contributed by atoms with Crippen LogP contribution < -0.4 is 11.1 Å². The highest BCUT2D eigenvalue weighted by Crippen LogP contribution is 2.19. The molecule has 0 aromatic heterocycles. The van der Waals surface area contributed by atoms with Gasteiger partial charge in [-0.1, -0.05) is 30.3 Å². The van der Waals surface area contributed by atoms with Gasteiger partial charge >= 0.3 is 6.09 Å². The van der Waals surface area contributed by atoms with Gasteiger partial charge in [0.2, 0.25) is 11.8 Å². The molecule has 1 aliphatic heterocycles. The second-order valence-electron chi connectivity index (χ2n) is 6.05. The monoisotopic (exact) mass is 358 g/mol. The number of hydrogen-bond donors (Lipinski definition) is 2. The summed E-state index contributed by atoms with van der Waals surface area (Å²) >= 11 is 0. The average molecular weight is 358 g/mol. The Bertz CT molecular complexity index is 686. The maximum absolute atomic E-state index is 12.5. The molecule has 0 radical (unpaired) electrons. The molecule has 0 bridgehead atoms. The van der Waals surface area contributed by atoms with E-state index < -0.39 is 30.0 Å². The quantitative estimate of drug-likeness (QED) is 0.754. The number of primary amides is 1. The lowest BCUT2D eigenvalue weighted by molar-refractivity contribution is -0.130. The number of nitrogens with two attached hydrogens (primary N) is 1. The molecule has 3 N–H and O–H groups in total. The fourth-order valence-corrected chi connectivity index (χ4v) is 2.82. The summed E-state index contributed by atoms with van der Waals surface area (Å²) in [5, 5.41) is 11.2. The van der Waals surface area contributed by atoms with E-state index in [4.69, 9.17) is 15.7 Å². The van der Waals surface area contributed by atoms with Crippen LogP contribution in [-0.4, -0.2) is 41.4 Å². The van der Waals surface area contributed by atoms with Crippen molar-refractivity contribution in [2.45, 2.75) is 44.4 Å². The van der Waals surface area contributed by atoms with Crippen LogP contribution in [0.5, 0.6) is 0 Å². The van der Waals surface area contributed by atoms with Gasteiger partial charge < -0.3 is 15.8 Å². The molecule has 1 aliphatic rings. The number of hydrogen-bond acceptors (Lipinski definition) is 5. The van der Waals surface area contributed by atoms with Crippen LogP contribution in [-0.2, 0) is 20.9 Å². The smallest absolute Gasteiger partial charge is 0.410 e. The highest BCUT2D eigenvalue weighted by atomic mass is 16.6. The average Bonchev–Trinajstić information content (AvgIpc) is 3.13. The zero-order valence-corrected chi connectivity index (χ0v) is 14.4. The number of nitriles is 1. The van der Waals surface area contributed by atoms with E-state index >= 15 is 0 Å². The van der Waals surface area contributed by atoms with E-state index in [1.165, 1.54) is 4.90 Å². The fourth-order valence-electron chi connectivity index (χ4n) is 2.82. The molecular formula is C18H22N4O4. The van der Waals surface area contributed by atoms with E-state index in [0.717, 1.165) is 5.56 Å². The largest absolute Gasteiger partial charge is 0.445 e. The Labute approximate surface area is 151 Å². The van der Waals surface area contributed by atoms with Gasteiger partial charge in [0.15, 0.2) is 0 Å². The lowest BCUT2D eigenvalue weighted by Gasteiger charge is -2.25. The van der Waals surface area contributed by atoms with E-state index in [2.05, 4.69) is 5.32 Å². The van der Waals surface area contributed by atoms with Crippen LogP contribution >= 0.6 is 0 Å². The third-order valence-corrected chi connectivity index (χ3v) is 4.20. The molecule has 0 spiro atoms. The topological polar surface area (TPSA) is 126 Å². The van der Waals surface area contributed by atoms with Crippen molar-refractivity contribution in [3.8, 4) is 6.07 Å². The maximum atomic E-state index is 12.5. The van der Waals surface area contributed by atoms with Crippen LogP contribution in [0.4, 0.5) is 4.79 Å². The standard InChI is InChI=1S/C18H22N4O4/c19-10-4-8-14(16(20)23)21-17(24)15-9-5-11-22(15)18(25)26-12-13-6-2-1-3-7-13/h1-3,6-7,14-15H,4-5,8-9,11-12H2,(H2,20,23)(H,21,24)/t14-,15+/m0/s1. The number of carbonyl (C=O) groups is 3. The molecule has 26 heavy (non-hydrogen) atoms. The zero-order valence-electron chi connectivity index (χ0n) is 14.4. The minimum Gasteiger partial charge on any atom is -0.445 e. The van der Waals surface area contributed by atoms with Crippen LogP contribution in [0.3, 0.4) is 0 Å². The highest BCUT2D eigenvalue weighted by Gasteiger charge is 2.36. The molecule has 0 aliphatic carbocycles. The summed E-state index contributed by atoms with van der Waals surface area (Å²) < 4.78 is 5.28. The van der Waals surface area contributed by atoms with Crippen LogP contribution in [0.15, 0.2) is 30.3 Å². The van der Waals surface area contributed by atoms with E-state index in [1.807, 2.05) is 36.4 Å². The summed E-state index contributed by atoms with van der Waals surface area (Å²) in [4.78, 5) is 37.6. The van der Waals surface area contributed by atoms with Crippen molar-refractivity contribution in [1.29, 1.82) is 5.26 Å². The number of benzene rings is 1. The Balaban J connectivity index is 1.93. The second-order valence-corrected chi connectivity index (χ2v) is 6.05. The summed E-state index contributed by atoms with van der Waals surface area (Å²) in [7, 11) is 0. The van der Waals surface area contributed by atoms with E-state index in [9.17, 15) is 14.4 Å². The Morgan fingerprint density at radius 1 is 1.35 bits per heavy atom. The number of rotatable bonds is 7. The predicted molar refractivity (Wildman–Crippen MR) is 92.3 cm³/mol. The third kappa shape index (κ3) is 5.21. The third-order valence-electron chi connectivity index (χ3n) is 4.20. The van der Waals surface area contributed by atoms with Crippen LogP contribution in [0.25, 0.3) is 0 Å². The normalized spacial score (nSPS) is 17.2. The molecule has 8 nitrogen and oxygen atoms in total. The van der Waals surface area contributed by atoms with Gasteiger partial charge in [-0.05, 0) is 24.8 Å². The zero-order chi connectivity index (χ0) is 18.9. The number of nitrogens with zero attached hydrogens (tertiary/aromatic N) is 2. The molecule has 138 valence electrons. The van der Waals surface area contributed by atoms with Crippen LogP contribution in [0.2, 0.25) is 0 Å². The first kappa shape index (κ1) is 19.2. The van der Waals surface area contributed by atoms with Crippen molar-refractivity contribution in [2.24, 2.45) is 5.73 Å². The molecule has 0 unspecified atom stereocenters. The first-order chi connectivity index (χ1) is 12.5. The van der Waals surface area contributed by atoms with Crippen molar-refractivity contribution in [2.75, 3.05) is 6.54 Å². The Morgan fingerprint density at radius 3 is 2.73 bits per heavy atom. The van der Waals surface area contributed by atoms with Gasteiger partial charge in [-0.15, -0.1) is 0 Å². The second kappa shape index (κ2) is 9.42. The molecule has 3 amide bonds. The summed E-state index contributed by atoms with van der Waals surface area (Å²) in [6, 6.07) is 9.53. The number of carbonyl (C=O) groups excluding carboxylic acids is 3. The molecular weight excluding hydrogens is 336 g/mol. The van der Waals surface area contributed by atoms with Crippen LogP contribution in [0, 0.1) is 11.3 Å². The fraction of sp³-hybridized carbons (Fsp3) is 0.444. The Morgan fingerprint density at radius 2 is 2.08 bits per heavy atom. The minimum absolute atomic E-state index is 0.0986. The molecule has 8 heteroatoms.